The Morgan fingerprint density at radius 1 is 1.59 bits per heavy atom. The molecule has 1 unspecified atom stereocenters. The number of hydrogen-bond donors (Lipinski definition) is 2. The van der Waals surface area contributed by atoms with Crippen molar-refractivity contribution in [2.45, 2.75) is 6.04 Å². The molecule has 1 atom stereocenters. The highest BCUT2D eigenvalue weighted by Gasteiger charge is 2.28. The minimum Gasteiger partial charge on any atom is -0.480 e. The zero-order valence-electron chi connectivity index (χ0n) is 8.97. The highest BCUT2D eigenvalue weighted by atomic mass is 79.9. The van der Waals surface area contributed by atoms with Crippen molar-refractivity contribution in [3.05, 3.63) is 22.8 Å². The number of halogens is 2. The fourth-order valence-corrected chi connectivity index (χ4v) is 1.97. The number of aliphatic carboxylic acids is 1. The third-order valence-corrected chi connectivity index (χ3v) is 3.00. The van der Waals surface area contributed by atoms with Crippen LogP contribution in [0.2, 0.25) is 0 Å². The molecule has 7 heteroatoms. The quantitative estimate of drug-likeness (QED) is 0.854. The molecule has 0 aromatic carbocycles. The van der Waals surface area contributed by atoms with Crippen molar-refractivity contribution in [1.29, 1.82) is 0 Å². The summed E-state index contributed by atoms with van der Waals surface area (Å²) in [4.78, 5) is 17.1. The molecule has 1 aromatic rings. The van der Waals surface area contributed by atoms with Crippen molar-refractivity contribution in [3.63, 3.8) is 0 Å². The highest BCUT2D eigenvalue weighted by molar-refractivity contribution is 9.10. The third kappa shape index (κ3) is 3.31. The van der Waals surface area contributed by atoms with E-state index in [2.05, 4.69) is 26.2 Å². The zero-order valence-corrected chi connectivity index (χ0v) is 11.4. The first-order valence-electron chi connectivity index (χ1n) is 5.00. The SMILES string of the molecule is Cl.O=C(O)C1CNCCN1c1ccc(Br)cn1. The van der Waals surface area contributed by atoms with Gasteiger partial charge in [-0.25, -0.2) is 9.78 Å². The minimum atomic E-state index is -0.822. The van der Waals surface area contributed by atoms with E-state index in [0.29, 0.717) is 18.9 Å². The maximum Gasteiger partial charge on any atom is 0.327 e. The van der Waals surface area contributed by atoms with Gasteiger partial charge in [-0.3, -0.25) is 0 Å². The van der Waals surface area contributed by atoms with E-state index in [9.17, 15) is 4.79 Å². The molecule has 1 fully saturated rings. The molecule has 2 N–H and O–H groups in total. The standard InChI is InChI=1S/C10H12BrN3O2.ClH/c11-7-1-2-9(13-5-7)14-4-3-12-6-8(14)10(15)16;/h1-2,5,8,12H,3-4,6H2,(H,15,16);1H. The number of piperazine rings is 1. The van der Waals surface area contributed by atoms with E-state index in [0.717, 1.165) is 11.0 Å². The van der Waals surface area contributed by atoms with Gasteiger partial charge in [0.05, 0.1) is 0 Å². The van der Waals surface area contributed by atoms with Gasteiger partial charge in [-0.1, -0.05) is 0 Å². The fourth-order valence-electron chi connectivity index (χ4n) is 1.74. The summed E-state index contributed by atoms with van der Waals surface area (Å²) < 4.78 is 0.887. The van der Waals surface area contributed by atoms with Gasteiger partial charge in [-0.2, -0.15) is 0 Å². The first kappa shape index (κ1) is 14.2. The molecule has 5 nitrogen and oxygen atoms in total. The van der Waals surface area contributed by atoms with Crippen molar-refractivity contribution < 1.29 is 9.90 Å². The Bertz CT molecular complexity index is 388. The molecule has 1 aliphatic rings. The first-order valence-corrected chi connectivity index (χ1v) is 5.79. The zero-order chi connectivity index (χ0) is 11.5. The summed E-state index contributed by atoms with van der Waals surface area (Å²) in [6.07, 6.45) is 1.68. The summed E-state index contributed by atoms with van der Waals surface area (Å²) in [6, 6.07) is 3.15. The largest absolute Gasteiger partial charge is 0.480 e. The Hall–Kier alpha value is -0.850. The van der Waals surface area contributed by atoms with Gasteiger partial charge in [-0.15, -0.1) is 12.4 Å². The van der Waals surface area contributed by atoms with Crippen LogP contribution in [-0.2, 0) is 4.79 Å². The number of carbonyl (C=O) groups is 1. The second-order valence-corrected chi connectivity index (χ2v) is 4.50. The second-order valence-electron chi connectivity index (χ2n) is 3.59. The predicted octanol–water partition coefficient (Wildman–Crippen LogP) is 1.13. The molecule has 17 heavy (non-hydrogen) atoms. The number of anilines is 1. The van der Waals surface area contributed by atoms with Gasteiger partial charge in [-0.05, 0) is 28.1 Å². The van der Waals surface area contributed by atoms with E-state index in [4.69, 9.17) is 5.11 Å². The summed E-state index contributed by atoms with van der Waals surface area (Å²) in [5.74, 6) is -0.117. The molecule has 1 aliphatic heterocycles. The molecule has 0 aliphatic carbocycles. The van der Waals surface area contributed by atoms with Crippen LogP contribution in [0.1, 0.15) is 0 Å². The van der Waals surface area contributed by atoms with Crippen LogP contribution >= 0.6 is 28.3 Å². The van der Waals surface area contributed by atoms with E-state index in [-0.39, 0.29) is 12.4 Å². The lowest BCUT2D eigenvalue weighted by molar-refractivity contribution is -0.138. The van der Waals surface area contributed by atoms with Gasteiger partial charge in [0.2, 0.25) is 0 Å². The summed E-state index contributed by atoms with van der Waals surface area (Å²) in [6.45, 7) is 1.89. The van der Waals surface area contributed by atoms with Crippen LogP contribution in [0.3, 0.4) is 0 Å². The van der Waals surface area contributed by atoms with Crippen molar-refractivity contribution in [3.8, 4) is 0 Å². The summed E-state index contributed by atoms with van der Waals surface area (Å²) >= 11 is 3.30. The van der Waals surface area contributed by atoms with E-state index in [1.54, 1.807) is 6.20 Å². The topological polar surface area (TPSA) is 65.5 Å². The Morgan fingerprint density at radius 2 is 2.35 bits per heavy atom. The van der Waals surface area contributed by atoms with E-state index >= 15 is 0 Å². The number of rotatable bonds is 2. The van der Waals surface area contributed by atoms with Crippen molar-refractivity contribution in [2.24, 2.45) is 0 Å². The lowest BCUT2D eigenvalue weighted by atomic mass is 10.2. The first-order chi connectivity index (χ1) is 7.68. The Labute approximate surface area is 114 Å². The van der Waals surface area contributed by atoms with Gasteiger partial charge < -0.3 is 15.3 Å². The summed E-state index contributed by atoms with van der Waals surface area (Å²) in [5.41, 5.74) is 0. The van der Waals surface area contributed by atoms with Crippen LogP contribution in [0.5, 0.6) is 0 Å². The molecule has 1 saturated heterocycles. The number of nitrogens with zero attached hydrogens (tertiary/aromatic N) is 2. The molecule has 0 amide bonds. The predicted molar refractivity (Wildman–Crippen MR) is 70.8 cm³/mol. The molecule has 0 spiro atoms. The van der Waals surface area contributed by atoms with Crippen LogP contribution in [0, 0.1) is 0 Å². The van der Waals surface area contributed by atoms with Crippen LogP contribution in [-0.4, -0.2) is 41.7 Å². The number of nitrogens with one attached hydrogen (secondary N) is 1. The molecular weight excluding hydrogens is 309 g/mol. The molecule has 1 aromatic heterocycles. The van der Waals surface area contributed by atoms with Crippen LogP contribution in [0.25, 0.3) is 0 Å². The van der Waals surface area contributed by atoms with Gasteiger partial charge in [0.25, 0.3) is 0 Å². The van der Waals surface area contributed by atoms with Crippen LogP contribution < -0.4 is 10.2 Å². The average Bonchev–Trinajstić information content (AvgIpc) is 2.30. The van der Waals surface area contributed by atoms with Gasteiger partial charge >= 0.3 is 5.97 Å². The number of aromatic nitrogens is 1. The van der Waals surface area contributed by atoms with E-state index in [1.165, 1.54) is 0 Å². The third-order valence-electron chi connectivity index (χ3n) is 2.53. The van der Waals surface area contributed by atoms with Gasteiger partial charge in [0.15, 0.2) is 0 Å². The van der Waals surface area contributed by atoms with Crippen LogP contribution in [0.4, 0.5) is 5.82 Å². The maximum absolute atomic E-state index is 11.1. The lowest BCUT2D eigenvalue weighted by Gasteiger charge is -2.34. The Balaban J connectivity index is 0.00000144. The smallest absolute Gasteiger partial charge is 0.327 e. The Morgan fingerprint density at radius 3 is 2.94 bits per heavy atom. The van der Waals surface area contributed by atoms with E-state index in [1.807, 2.05) is 17.0 Å². The van der Waals surface area contributed by atoms with E-state index < -0.39 is 12.0 Å². The second kappa shape index (κ2) is 6.18. The van der Waals surface area contributed by atoms with Gasteiger partial charge in [0.1, 0.15) is 11.9 Å². The molecule has 0 radical (unpaired) electrons. The Kier molecular flexibility index (Phi) is 5.17. The number of hydrogen-bond acceptors (Lipinski definition) is 4. The van der Waals surface area contributed by atoms with Crippen molar-refractivity contribution >= 4 is 40.1 Å². The monoisotopic (exact) mass is 321 g/mol. The van der Waals surface area contributed by atoms with Gasteiger partial charge in [0, 0.05) is 30.3 Å². The van der Waals surface area contributed by atoms with Crippen molar-refractivity contribution in [1.82, 2.24) is 10.3 Å². The fraction of sp³-hybridized carbons (Fsp3) is 0.400. The molecular formula is C10H13BrClN3O2. The number of pyridine rings is 1. The molecule has 0 saturated carbocycles. The molecule has 0 bridgehead atoms. The van der Waals surface area contributed by atoms with Crippen LogP contribution in [0.15, 0.2) is 22.8 Å². The summed E-state index contributed by atoms with van der Waals surface area (Å²) in [5, 5.41) is 12.2. The summed E-state index contributed by atoms with van der Waals surface area (Å²) in [7, 11) is 0. The minimum absolute atomic E-state index is 0. The molecule has 2 rings (SSSR count). The number of carboxylic acid groups (broad SMARTS) is 1. The van der Waals surface area contributed by atoms with Crippen molar-refractivity contribution in [2.75, 3.05) is 24.5 Å². The highest BCUT2D eigenvalue weighted by Crippen LogP contribution is 2.18. The number of carboxylic acids is 1. The lowest BCUT2D eigenvalue weighted by Crippen LogP contribution is -2.55. The average molecular weight is 323 g/mol. The normalized spacial score (nSPS) is 19.6. The molecule has 2 heterocycles. The maximum atomic E-state index is 11.1. The molecule has 94 valence electrons.